The van der Waals surface area contributed by atoms with Crippen molar-refractivity contribution in [1.82, 2.24) is 14.9 Å². The van der Waals surface area contributed by atoms with Gasteiger partial charge in [-0.05, 0) is 19.1 Å². The lowest BCUT2D eigenvalue weighted by Crippen LogP contribution is -2.42. The molecule has 0 unspecified atom stereocenters. The summed E-state index contributed by atoms with van der Waals surface area (Å²) >= 11 is 1.43. The topological polar surface area (TPSA) is 66.4 Å². The van der Waals surface area contributed by atoms with Crippen molar-refractivity contribution in [2.45, 2.75) is 36.9 Å². The van der Waals surface area contributed by atoms with Crippen LogP contribution in [-0.2, 0) is 4.79 Å². The monoisotopic (exact) mass is 322 g/mol. The molecule has 1 aliphatic rings. The average Bonchev–Trinajstić information content (AvgIpc) is 3.05. The SMILES string of the molecule is CSc1ncc(C=O)c(N(CC(=O)N(C)C)C2CCCC2)n1. The molecule has 22 heavy (non-hydrogen) atoms. The number of hydrogen-bond donors (Lipinski definition) is 0. The van der Waals surface area contributed by atoms with E-state index in [2.05, 4.69) is 9.97 Å². The van der Waals surface area contributed by atoms with Crippen molar-refractivity contribution in [1.29, 1.82) is 0 Å². The van der Waals surface area contributed by atoms with Crippen LogP contribution in [0, 0.1) is 0 Å². The first kappa shape index (κ1) is 16.7. The predicted molar refractivity (Wildman–Crippen MR) is 87.5 cm³/mol. The third-order valence-electron chi connectivity index (χ3n) is 3.93. The molecule has 1 saturated carbocycles. The second-order valence-electron chi connectivity index (χ2n) is 5.61. The minimum Gasteiger partial charge on any atom is -0.347 e. The van der Waals surface area contributed by atoms with E-state index in [9.17, 15) is 9.59 Å². The van der Waals surface area contributed by atoms with E-state index in [0.717, 1.165) is 32.0 Å². The van der Waals surface area contributed by atoms with Crippen LogP contribution in [0.15, 0.2) is 11.4 Å². The largest absolute Gasteiger partial charge is 0.347 e. The van der Waals surface area contributed by atoms with Gasteiger partial charge in [-0.3, -0.25) is 9.59 Å². The lowest BCUT2D eigenvalue weighted by atomic mass is 10.2. The molecule has 1 heterocycles. The van der Waals surface area contributed by atoms with E-state index in [1.54, 1.807) is 25.2 Å². The molecule has 0 spiro atoms. The number of nitrogens with zero attached hydrogens (tertiary/aromatic N) is 4. The van der Waals surface area contributed by atoms with Gasteiger partial charge in [-0.2, -0.15) is 0 Å². The Hall–Kier alpha value is -1.63. The highest BCUT2D eigenvalue weighted by molar-refractivity contribution is 7.98. The Morgan fingerprint density at radius 1 is 1.41 bits per heavy atom. The summed E-state index contributed by atoms with van der Waals surface area (Å²) in [6.45, 7) is 0.239. The van der Waals surface area contributed by atoms with E-state index >= 15 is 0 Å². The summed E-state index contributed by atoms with van der Waals surface area (Å²) in [7, 11) is 3.48. The summed E-state index contributed by atoms with van der Waals surface area (Å²) in [6, 6.07) is 0.257. The van der Waals surface area contributed by atoms with Crippen molar-refractivity contribution < 1.29 is 9.59 Å². The second kappa shape index (κ2) is 7.58. The van der Waals surface area contributed by atoms with Crippen LogP contribution >= 0.6 is 11.8 Å². The van der Waals surface area contributed by atoms with Crippen LogP contribution in [0.4, 0.5) is 5.82 Å². The summed E-state index contributed by atoms with van der Waals surface area (Å²) in [6.07, 6.45) is 8.55. The molecule has 0 N–H and O–H groups in total. The Balaban J connectivity index is 2.38. The minimum absolute atomic E-state index is 0.00747. The van der Waals surface area contributed by atoms with E-state index < -0.39 is 0 Å². The van der Waals surface area contributed by atoms with Gasteiger partial charge >= 0.3 is 0 Å². The Morgan fingerprint density at radius 2 is 2.09 bits per heavy atom. The van der Waals surface area contributed by atoms with E-state index in [4.69, 9.17) is 0 Å². The lowest BCUT2D eigenvalue weighted by Gasteiger charge is -2.31. The number of carbonyl (C=O) groups is 2. The molecule has 1 amide bonds. The summed E-state index contributed by atoms with van der Waals surface area (Å²) in [5.41, 5.74) is 0.441. The van der Waals surface area contributed by atoms with Crippen molar-refractivity contribution in [2.75, 3.05) is 31.8 Å². The Bertz CT molecular complexity index is 544. The number of aldehydes is 1. The molecule has 0 atom stereocenters. The average molecular weight is 322 g/mol. The highest BCUT2D eigenvalue weighted by atomic mass is 32.2. The van der Waals surface area contributed by atoms with Gasteiger partial charge in [0.1, 0.15) is 5.82 Å². The second-order valence-corrected chi connectivity index (χ2v) is 6.38. The first-order chi connectivity index (χ1) is 10.6. The van der Waals surface area contributed by atoms with E-state index in [-0.39, 0.29) is 18.5 Å². The molecule has 7 heteroatoms. The van der Waals surface area contributed by atoms with Crippen LogP contribution in [0.25, 0.3) is 0 Å². The fraction of sp³-hybridized carbons (Fsp3) is 0.600. The molecular weight excluding hydrogens is 300 g/mol. The highest BCUT2D eigenvalue weighted by Gasteiger charge is 2.28. The number of anilines is 1. The fourth-order valence-electron chi connectivity index (χ4n) is 2.66. The zero-order valence-corrected chi connectivity index (χ0v) is 14.1. The van der Waals surface area contributed by atoms with Gasteiger partial charge < -0.3 is 9.80 Å². The molecule has 0 bridgehead atoms. The maximum atomic E-state index is 12.2. The number of thioether (sulfide) groups is 1. The van der Waals surface area contributed by atoms with Crippen LogP contribution < -0.4 is 4.90 Å². The maximum Gasteiger partial charge on any atom is 0.241 e. The van der Waals surface area contributed by atoms with Crippen LogP contribution in [0.3, 0.4) is 0 Å². The molecule has 6 nitrogen and oxygen atoms in total. The number of aromatic nitrogens is 2. The van der Waals surface area contributed by atoms with Crippen LogP contribution in [-0.4, -0.2) is 60.0 Å². The molecule has 0 aliphatic heterocycles. The van der Waals surface area contributed by atoms with Crippen molar-refractivity contribution in [3.63, 3.8) is 0 Å². The Labute approximate surface area is 135 Å². The third-order valence-corrected chi connectivity index (χ3v) is 4.49. The molecule has 120 valence electrons. The highest BCUT2D eigenvalue weighted by Crippen LogP contribution is 2.29. The van der Waals surface area contributed by atoms with Crippen LogP contribution in [0.1, 0.15) is 36.0 Å². The standard InChI is InChI=1S/C15H22N4O2S/c1-18(2)13(21)9-19(12-6-4-5-7-12)14-11(10-20)8-16-15(17-14)22-3/h8,10,12H,4-7,9H2,1-3H3. The fourth-order valence-corrected chi connectivity index (χ4v) is 2.99. The molecule has 1 aliphatic carbocycles. The summed E-state index contributed by atoms with van der Waals surface area (Å²) in [5, 5.41) is 0.612. The number of likely N-dealkylation sites (N-methyl/N-ethyl adjacent to an activating group) is 1. The van der Waals surface area contributed by atoms with E-state index in [0.29, 0.717) is 16.5 Å². The number of amides is 1. The first-order valence-electron chi connectivity index (χ1n) is 7.39. The molecule has 1 aromatic rings. The quantitative estimate of drug-likeness (QED) is 0.452. The molecule has 0 saturated heterocycles. The van der Waals surface area contributed by atoms with Gasteiger partial charge in [0, 0.05) is 26.3 Å². The van der Waals surface area contributed by atoms with Gasteiger partial charge in [-0.25, -0.2) is 9.97 Å². The third kappa shape index (κ3) is 3.76. The lowest BCUT2D eigenvalue weighted by molar-refractivity contribution is -0.127. The molecule has 1 aromatic heterocycles. The van der Waals surface area contributed by atoms with Gasteiger partial charge in [0.15, 0.2) is 11.4 Å². The van der Waals surface area contributed by atoms with E-state index in [1.165, 1.54) is 11.8 Å². The van der Waals surface area contributed by atoms with Crippen molar-refractivity contribution >= 4 is 29.8 Å². The molecule has 1 fully saturated rings. The number of rotatable bonds is 6. The zero-order valence-electron chi connectivity index (χ0n) is 13.3. The predicted octanol–water partition coefficient (Wildman–Crippen LogP) is 1.85. The van der Waals surface area contributed by atoms with Gasteiger partial charge in [-0.1, -0.05) is 24.6 Å². The maximum absolute atomic E-state index is 12.2. The summed E-state index contributed by atoms with van der Waals surface area (Å²) < 4.78 is 0. The van der Waals surface area contributed by atoms with Crippen LogP contribution in [0.2, 0.25) is 0 Å². The van der Waals surface area contributed by atoms with E-state index in [1.807, 2.05) is 11.2 Å². The Kier molecular flexibility index (Phi) is 5.76. The van der Waals surface area contributed by atoms with Gasteiger partial charge in [0.05, 0.1) is 12.1 Å². The molecule has 2 rings (SSSR count). The number of carbonyl (C=O) groups excluding carboxylic acids is 2. The van der Waals surface area contributed by atoms with Crippen molar-refractivity contribution in [3.05, 3.63) is 11.8 Å². The van der Waals surface area contributed by atoms with Gasteiger partial charge in [-0.15, -0.1) is 0 Å². The molecule has 0 aromatic carbocycles. The first-order valence-corrected chi connectivity index (χ1v) is 8.62. The van der Waals surface area contributed by atoms with Crippen LogP contribution in [0.5, 0.6) is 0 Å². The normalized spacial score (nSPS) is 14.9. The summed E-state index contributed by atoms with van der Waals surface area (Å²) in [5.74, 6) is 0.588. The smallest absolute Gasteiger partial charge is 0.241 e. The number of hydrogen-bond acceptors (Lipinski definition) is 6. The Morgan fingerprint density at radius 3 is 2.64 bits per heavy atom. The zero-order chi connectivity index (χ0) is 16.1. The molecule has 0 radical (unpaired) electrons. The van der Waals surface area contributed by atoms with Gasteiger partial charge in [0.2, 0.25) is 5.91 Å². The van der Waals surface area contributed by atoms with Crippen molar-refractivity contribution in [3.8, 4) is 0 Å². The van der Waals surface area contributed by atoms with Crippen molar-refractivity contribution in [2.24, 2.45) is 0 Å². The van der Waals surface area contributed by atoms with Gasteiger partial charge in [0.25, 0.3) is 0 Å². The summed E-state index contributed by atoms with van der Waals surface area (Å²) in [4.78, 5) is 35.7. The molecular formula is C15H22N4O2S. The minimum atomic E-state index is 0.00747.